The van der Waals surface area contributed by atoms with Crippen molar-refractivity contribution >= 4 is 34.6 Å². The molecule has 1 unspecified atom stereocenters. The van der Waals surface area contributed by atoms with E-state index < -0.39 is 5.97 Å². The van der Waals surface area contributed by atoms with Crippen LogP contribution < -0.4 is 5.32 Å². The maximum Gasteiger partial charge on any atom is 0.335 e. The second-order valence-electron chi connectivity index (χ2n) is 4.48. The predicted molar refractivity (Wildman–Crippen MR) is 75.9 cm³/mol. The van der Waals surface area contributed by atoms with Crippen molar-refractivity contribution in [3.05, 3.63) is 30.0 Å². The van der Waals surface area contributed by atoms with Gasteiger partial charge in [-0.15, -0.1) is 0 Å². The van der Waals surface area contributed by atoms with Gasteiger partial charge >= 0.3 is 5.97 Å². The highest BCUT2D eigenvalue weighted by molar-refractivity contribution is 7.99. The van der Waals surface area contributed by atoms with Gasteiger partial charge in [0.05, 0.1) is 11.1 Å². The van der Waals surface area contributed by atoms with Gasteiger partial charge in [-0.2, -0.15) is 11.8 Å². The summed E-state index contributed by atoms with van der Waals surface area (Å²) in [5, 5.41) is 13.0. The fraction of sp³-hybridized carbons (Fsp3) is 0.308. The van der Waals surface area contributed by atoms with Crippen molar-refractivity contribution in [3.63, 3.8) is 0 Å². The Kier molecular flexibility index (Phi) is 3.25. The Bertz CT molecular complexity index is 626. The molecular weight excluding hydrogens is 262 g/mol. The number of nitrogens with one attached hydrogen (secondary N) is 1. The molecule has 0 aliphatic carbocycles. The van der Waals surface area contributed by atoms with Crippen LogP contribution in [0.4, 0.5) is 5.95 Å². The Morgan fingerprint density at radius 2 is 2.37 bits per heavy atom. The molecule has 2 aromatic rings. The van der Waals surface area contributed by atoms with E-state index >= 15 is 0 Å². The largest absolute Gasteiger partial charge is 0.478 e. The van der Waals surface area contributed by atoms with E-state index in [0.717, 1.165) is 23.1 Å². The minimum absolute atomic E-state index is 0.254. The number of hydrogen-bond acceptors (Lipinski definition) is 5. The van der Waals surface area contributed by atoms with Crippen LogP contribution in [0.3, 0.4) is 0 Å². The van der Waals surface area contributed by atoms with Gasteiger partial charge in [-0.3, -0.25) is 0 Å². The summed E-state index contributed by atoms with van der Waals surface area (Å²) in [5.41, 5.74) is 1.01. The second-order valence-corrected chi connectivity index (χ2v) is 5.63. The summed E-state index contributed by atoms with van der Waals surface area (Å²) in [6.07, 6.45) is 2.79. The van der Waals surface area contributed by atoms with Gasteiger partial charge in [-0.25, -0.2) is 14.8 Å². The van der Waals surface area contributed by atoms with E-state index in [1.165, 1.54) is 5.75 Å². The maximum atomic E-state index is 10.9. The first kappa shape index (κ1) is 12.2. The molecule has 1 atom stereocenters. The Morgan fingerprint density at radius 1 is 1.47 bits per heavy atom. The molecule has 5 nitrogen and oxygen atoms in total. The molecule has 98 valence electrons. The van der Waals surface area contributed by atoms with Crippen LogP contribution in [0.2, 0.25) is 0 Å². The number of carboxylic acid groups (broad SMARTS) is 1. The fourth-order valence-electron chi connectivity index (χ4n) is 2.07. The number of aromatic carboxylic acids is 1. The molecule has 0 spiro atoms. The average molecular weight is 275 g/mol. The van der Waals surface area contributed by atoms with E-state index in [9.17, 15) is 4.79 Å². The van der Waals surface area contributed by atoms with Crippen LogP contribution in [-0.4, -0.2) is 38.6 Å². The quantitative estimate of drug-likeness (QED) is 0.894. The van der Waals surface area contributed by atoms with Crippen LogP contribution in [0, 0.1) is 0 Å². The highest BCUT2D eigenvalue weighted by atomic mass is 32.2. The van der Waals surface area contributed by atoms with Gasteiger partial charge < -0.3 is 10.4 Å². The normalized spacial score (nSPS) is 18.6. The van der Waals surface area contributed by atoms with E-state index in [4.69, 9.17) is 5.11 Å². The fourth-order valence-corrected chi connectivity index (χ4v) is 3.22. The van der Waals surface area contributed by atoms with Crippen LogP contribution in [-0.2, 0) is 0 Å². The standard InChI is InChI=1S/C13H13N3O2S/c17-12(18)8-1-2-11-9(5-8)6-14-13(16-11)15-10-3-4-19-7-10/h1-2,5-6,10H,3-4,7H2,(H,17,18)(H,14,15,16). The number of anilines is 1. The van der Waals surface area contributed by atoms with Crippen molar-refractivity contribution in [3.8, 4) is 0 Å². The summed E-state index contributed by atoms with van der Waals surface area (Å²) in [6.45, 7) is 0. The van der Waals surface area contributed by atoms with E-state index in [-0.39, 0.29) is 5.56 Å². The molecule has 1 aliphatic rings. The lowest BCUT2D eigenvalue weighted by Gasteiger charge is -2.11. The summed E-state index contributed by atoms with van der Waals surface area (Å²) in [4.78, 5) is 19.5. The Labute approximate surface area is 114 Å². The lowest BCUT2D eigenvalue weighted by Crippen LogP contribution is -2.19. The Morgan fingerprint density at radius 3 is 3.11 bits per heavy atom. The molecule has 0 radical (unpaired) electrons. The zero-order valence-electron chi connectivity index (χ0n) is 10.2. The van der Waals surface area contributed by atoms with E-state index in [2.05, 4.69) is 15.3 Å². The van der Waals surface area contributed by atoms with Crippen molar-refractivity contribution in [2.45, 2.75) is 12.5 Å². The van der Waals surface area contributed by atoms with Crippen molar-refractivity contribution in [1.29, 1.82) is 0 Å². The van der Waals surface area contributed by atoms with Crippen molar-refractivity contribution in [1.82, 2.24) is 9.97 Å². The number of hydrogen-bond donors (Lipinski definition) is 2. The zero-order valence-corrected chi connectivity index (χ0v) is 11.0. The van der Waals surface area contributed by atoms with Crippen LogP contribution in [0.25, 0.3) is 10.9 Å². The highest BCUT2D eigenvalue weighted by Crippen LogP contribution is 2.21. The van der Waals surface area contributed by atoms with E-state index in [0.29, 0.717) is 12.0 Å². The summed E-state index contributed by atoms with van der Waals surface area (Å²) in [7, 11) is 0. The summed E-state index contributed by atoms with van der Waals surface area (Å²) >= 11 is 1.93. The van der Waals surface area contributed by atoms with Gasteiger partial charge in [0.1, 0.15) is 0 Å². The number of nitrogens with zero attached hydrogens (tertiary/aromatic N) is 2. The smallest absolute Gasteiger partial charge is 0.335 e. The Balaban J connectivity index is 1.88. The summed E-state index contributed by atoms with van der Waals surface area (Å²) in [5.74, 6) is 1.93. The molecule has 19 heavy (non-hydrogen) atoms. The lowest BCUT2D eigenvalue weighted by atomic mass is 10.1. The number of carboxylic acids is 1. The molecule has 1 aliphatic heterocycles. The topological polar surface area (TPSA) is 75.1 Å². The van der Waals surface area contributed by atoms with Gasteiger partial charge in [-0.1, -0.05) is 0 Å². The van der Waals surface area contributed by atoms with Crippen molar-refractivity contribution < 1.29 is 9.90 Å². The summed E-state index contributed by atoms with van der Waals surface area (Å²) in [6, 6.07) is 5.30. The third-order valence-corrected chi connectivity index (χ3v) is 4.25. The van der Waals surface area contributed by atoms with Crippen molar-refractivity contribution in [2.24, 2.45) is 0 Å². The van der Waals surface area contributed by atoms with Crippen LogP contribution in [0.5, 0.6) is 0 Å². The number of rotatable bonds is 3. The maximum absolute atomic E-state index is 10.9. The molecule has 0 saturated carbocycles. The molecule has 2 N–H and O–H groups in total. The van der Waals surface area contributed by atoms with Gasteiger partial charge in [-0.05, 0) is 30.4 Å². The molecular formula is C13H13N3O2S. The zero-order chi connectivity index (χ0) is 13.2. The first-order valence-corrected chi connectivity index (χ1v) is 7.22. The lowest BCUT2D eigenvalue weighted by molar-refractivity contribution is 0.0697. The SMILES string of the molecule is O=C(O)c1ccc2nc(NC3CCSC3)ncc2c1. The van der Waals surface area contributed by atoms with Crippen LogP contribution in [0.1, 0.15) is 16.8 Å². The number of thioether (sulfide) groups is 1. The number of aromatic nitrogens is 2. The molecule has 0 bridgehead atoms. The second kappa shape index (κ2) is 5.05. The molecule has 3 rings (SSSR count). The first-order valence-electron chi connectivity index (χ1n) is 6.07. The van der Waals surface area contributed by atoms with Gasteiger partial charge in [0.15, 0.2) is 0 Å². The van der Waals surface area contributed by atoms with Gasteiger partial charge in [0.2, 0.25) is 5.95 Å². The number of benzene rings is 1. The highest BCUT2D eigenvalue weighted by Gasteiger charge is 2.16. The molecule has 1 fully saturated rings. The minimum Gasteiger partial charge on any atom is -0.478 e. The number of carbonyl (C=O) groups is 1. The van der Waals surface area contributed by atoms with Gasteiger partial charge in [0, 0.05) is 23.4 Å². The molecule has 1 saturated heterocycles. The molecule has 0 amide bonds. The third-order valence-electron chi connectivity index (χ3n) is 3.09. The predicted octanol–water partition coefficient (Wildman–Crippen LogP) is 2.25. The monoisotopic (exact) mass is 275 g/mol. The molecule has 1 aromatic carbocycles. The van der Waals surface area contributed by atoms with E-state index in [1.807, 2.05) is 11.8 Å². The summed E-state index contributed by atoms with van der Waals surface area (Å²) < 4.78 is 0. The molecule has 2 heterocycles. The molecule has 6 heteroatoms. The van der Waals surface area contributed by atoms with Crippen molar-refractivity contribution in [2.75, 3.05) is 16.8 Å². The van der Waals surface area contributed by atoms with Gasteiger partial charge in [0.25, 0.3) is 0 Å². The van der Waals surface area contributed by atoms with Crippen LogP contribution >= 0.6 is 11.8 Å². The first-order chi connectivity index (χ1) is 9.22. The number of fused-ring (bicyclic) bond motifs is 1. The molecule has 1 aromatic heterocycles. The average Bonchev–Trinajstić information content (AvgIpc) is 2.91. The Hall–Kier alpha value is -1.82. The minimum atomic E-state index is -0.938. The van der Waals surface area contributed by atoms with E-state index in [1.54, 1.807) is 24.4 Å². The third kappa shape index (κ3) is 2.63. The van der Waals surface area contributed by atoms with Crippen LogP contribution in [0.15, 0.2) is 24.4 Å².